The Kier molecular flexibility index (Phi) is 6.84. The van der Waals surface area contributed by atoms with E-state index >= 15 is 0 Å². The third-order valence-corrected chi connectivity index (χ3v) is 8.15. The number of piperidine rings is 1. The lowest BCUT2D eigenvalue weighted by molar-refractivity contribution is -0.130. The number of nitrogens with zero attached hydrogens (tertiary/aromatic N) is 2. The molecule has 7 heteroatoms. The molecule has 190 valence electrons. The van der Waals surface area contributed by atoms with Crippen molar-refractivity contribution in [2.75, 3.05) is 31.5 Å². The zero-order valence-corrected chi connectivity index (χ0v) is 21.3. The molecule has 2 saturated heterocycles. The average Bonchev–Trinajstić information content (AvgIpc) is 3.18. The van der Waals surface area contributed by atoms with Crippen molar-refractivity contribution in [1.29, 1.82) is 0 Å². The summed E-state index contributed by atoms with van der Waals surface area (Å²) in [4.78, 5) is 42.2. The summed E-state index contributed by atoms with van der Waals surface area (Å²) in [6.45, 7) is 5.10. The van der Waals surface area contributed by atoms with Gasteiger partial charge in [-0.3, -0.25) is 19.3 Å². The maximum Gasteiger partial charge on any atom is 0.238 e. The Morgan fingerprint density at radius 3 is 2.50 bits per heavy atom. The van der Waals surface area contributed by atoms with Crippen molar-refractivity contribution in [3.63, 3.8) is 0 Å². The molecule has 1 aliphatic carbocycles. The number of fused-ring (bicyclic) bond motifs is 2. The summed E-state index contributed by atoms with van der Waals surface area (Å²) in [5.41, 5.74) is 4.03. The van der Waals surface area contributed by atoms with Gasteiger partial charge in [0.15, 0.2) is 0 Å². The molecule has 0 bridgehead atoms. The van der Waals surface area contributed by atoms with E-state index in [-0.39, 0.29) is 36.2 Å². The molecule has 2 N–H and O–H groups in total. The Morgan fingerprint density at radius 1 is 0.972 bits per heavy atom. The molecule has 0 aromatic heterocycles. The fraction of sp³-hybridized carbons (Fsp3) is 0.483. The van der Waals surface area contributed by atoms with Gasteiger partial charge >= 0.3 is 0 Å². The van der Waals surface area contributed by atoms with Gasteiger partial charge in [-0.15, -0.1) is 0 Å². The molecule has 3 aliphatic rings. The first kappa shape index (κ1) is 24.5. The Bertz CT molecular complexity index is 1150. The van der Waals surface area contributed by atoms with E-state index in [4.69, 9.17) is 0 Å². The van der Waals surface area contributed by atoms with Crippen LogP contribution in [0.1, 0.15) is 55.8 Å². The number of carbonyl (C=O) groups is 3. The van der Waals surface area contributed by atoms with Crippen molar-refractivity contribution in [1.82, 2.24) is 15.1 Å². The van der Waals surface area contributed by atoms with Crippen molar-refractivity contribution in [3.8, 4) is 0 Å². The van der Waals surface area contributed by atoms with Crippen LogP contribution in [0, 0.1) is 5.92 Å². The van der Waals surface area contributed by atoms with Gasteiger partial charge in [0.1, 0.15) is 0 Å². The summed E-state index contributed by atoms with van der Waals surface area (Å²) >= 11 is 0. The van der Waals surface area contributed by atoms with Crippen LogP contribution in [0.3, 0.4) is 0 Å². The Morgan fingerprint density at radius 2 is 1.75 bits per heavy atom. The van der Waals surface area contributed by atoms with Gasteiger partial charge in [-0.25, -0.2) is 0 Å². The highest BCUT2D eigenvalue weighted by Gasteiger charge is 2.56. The second-order valence-electron chi connectivity index (χ2n) is 10.6. The molecular formula is C29H36N4O3. The van der Waals surface area contributed by atoms with Crippen LogP contribution >= 0.6 is 0 Å². The monoisotopic (exact) mass is 488 g/mol. The zero-order chi connectivity index (χ0) is 25.3. The predicted octanol–water partition coefficient (Wildman–Crippen LogP) is 3.30. The molecule has 2 fully saturated rings. The molecule has 2 heterocycles. The number of benzene rings is 2. The quantitative estimate of drug-likeness (QED) is 0.677. The minimum absolute atomic E-state index is 0.00104. The van der Waals surface area contributed by atoms with Gasteiger partial charge in [0, 0.05) is 38.5 Å². The van der Waals surface area contributed by atoms with Crippen LogP contribution in [0.4, 0.5) is 5.69 Å². The van der Waals surface area contributed by atoms with Gasteiger partial charge < -0.3 is 15.5 Å². The van der Waals surface area contributed by atoms with E-state index in [0.717, 1.165) is 43.5 Å². The van der Waals surface area contributed by atoms with Gasteiger partial charge in [-0.05, 0) is 61.4 Å². The molecule has 3 amide bonds. The van der Waals surface area contributed by atoms with Crippen LogP contribution in [0.5, 0.6) is 0 Å². The predicted molar refractivity (Wildman–Crippen MR) is 139 cm³/mol. The van der Waals surface area contributed by atoms with Crippen molar-refractivity contribution in [2.24, 2.45) is 5.92 Å². The van der Waals surface area contributed by atoms with Gasteiger partial charge in [0.25, 0.3) is 0 Å². The normalized spacial score (nSPS) is 25.6. The number of likely N-dealkylation sites (tertiary alicyclic amines) is 2. The fourth-order valence-corrected chi connectivity index (χ4v) is 6.76. The molecule has 0 saturated carbocycles. The maximum atomic E-state index is 13.1. The average molecular weight is 489 g/mol. The number of hydrogen-bond donors (Lipinski definition) is 2. The summed E-state index contributed by atoms with van der Waals surface area (Å²) in [5.74, 6) is -0.0693. The van der Waals surface area contributed by atoms with E-state index in [9.17, 15) is 14.4 Å². The van der Waals surface area contributed by atoms with E-state index < -0.39 is 5.54 Å². The molecule has 3 atom stereocenters. The van der Waals surface area contributed by atoms with E-state index in [2.05, 4.69) is 33.7 Å². The molecule has 0 radical (unpaired) electrons. The standard InChI is InChI=1S/C29H36N4O3/c1-20(34)31-29-18-32(17-27(36)30-26-14-8-12-22-9-6-7-13-24(22)26)16-15-25(29)28(33(19-29)21(2)35)23-10-4-3-5-11-23/h3-5,8,10-12,14,25,28H,6-7,9,13,15-19H2,1-2H3,(H,30,36)(H,31,34)/t25-,28-,29-/m1/s1. The van der Waals surface area contributed by atoms with Gasteiger partial charge in [-0.2, -0.15) is 0 Å². The smallest absolute Gasteiger partial charge is 0.238 e. The van der Waals surface area contributed by atoms with Crippen molar-refractivity contribution >= 4 is 23.4 Å². The lowest BCUT2D eigenvalue weighted by Gasteiger charge is -2.45. The van der Waals surface area contributed by atoms with Crippen LogP contribution < -0.4 is 10.6 Å². The fourth-order valence-electron chi connectivity index (χ4n) is 6.76. The second kappa shape index (κ2) is 10.1. The molecule has 36 heavy (non-hydrogen) atoms. The SMILES string of the molecule is CC(=O)N[C@@]12CN(CC(=O)Nc3cccc4c3CCCC4)CC[C@@H]1[C@@H](c1ccccc1)N(C(C)=O)C2. The van der Waals surface area contributed by atoms with Gasteiger partial charge in [0.05, 0.1) is 18.1 Å². The highest BCUT2D eigenvalue weighted by Crippen LogP contribution is 2.47. The Balaban J connectivity index is 1.35. The highest BCUT2D eigenvalue weighted by atomic mass is 16.2. The topological polar surface area (TPSA) is 81.8 Å². The number of amides is 3. The zero-order valence-electron chi connectivity index (χ0n) is 21.3. The second-order valence-corrected chi connectivity index (χ2v) is 10.6. The number of nitrogens with one attached hydrogen (secondary N) is 2. The number of anilines is 1. The van der Waals surface area contributed by atoms with Gasteiger partial charge in [-0.1, -0.05) is 42.5 Å². The molecule has 5 rings (SSSR count). The first-order chi connectivity index (χ1) is 17.4. The number of carbonyl (C=O) groups excluding carboxylic acids is 3. The van der Waals surface area contributed by atoms with Crippen LogP contribution in [-0.4, -0.2) is 59.2 Å². The first-order valence-electron chi connectivity index (χ1n) is 13.1. The summed E-state index contributed by atoms with van der Waals surface area (Å²) in [7, 11) is 0. The Hall–Kier alpha value is -3.19. The van der Waals surface area contributed by atoms with Crippen molar-refractivity contribution < 1.29 is 14.4 Å². The molecule has 0 spiro atoms. The molecule has 2 aliphatic heterocycles. The molecule has 2 aromatic carbocycles. The van der Waals surface area contributed by atoms with Crippen LogP contribution in [0.25, 0.3) is 0 Å². The van der Waals surface area contributed by atoms with Crippen molar-refractivity contribution in [2.45, 2.75) is 57.5 Å². The summed E-state index contributed by atoms with van der Waals surface area (Å²) in [5, 5.41) is 6.39. The van der Waals surface area contributed by atoms with E-state index in [1.165, 1.54) is 24.5 Å². The molecule has 2 aromatic rings. The van der Waals surface area contributed by atoms with E-state index in [0.29, 0.717) is 13.1 Å². The van der Waals surface area contributed by atoms with Crippen LogP contribution in [-0.2, 0) is 27.2 Å². The first-order valence-corrected chi connectivity index (χ1v) is 13.1. The maximum absolute atomic E-state index is 13.1. The minimum atomic E-state index is -0.595. The Labute approximate surface area is 213 Å². The van der Waals surface area contributed by atoms with Crippen LogP contribution in [0.15, 0.2) is 48.5 Å². The summed E-state index contributed by atoms with van der Waals surface area (Å²) in [6.07, 6.45) is 5.22. The van der Waals surface area contributed by atoms with Crippen LogP contribution in [0.2, 0.25) is 0 Å². The third-order valence-electron chi connectivity index (χ3n) is 8.15. The van der Waals surface area contributed by atoms with E-state index in [1.807, 2.05) is 35.2 Å². The lowest BCUT2D eigenvalue weighted by Crippen LogP contribution is -2.64. The van der Waals surface area contributed by atoms with Crippen molar-refractivity contribution in [3.05, 3.63) is 65.2 Å². The van der Waals surface area contributed by atoms with E-state index in [1.54, 1.807) is 6.92 Å². The number of hydrogen-bond acceptors (Lipinski definition) is 4. The molecule has 7 nitrogen and oxygen atoms in total. The minimum Gasteiger partial charge on any atom is -0.347 e. The molecule has 0 unspecified atom stereocenters. The third kappa shape index (κ3) is 4.76. The van der Waals surface area contributed by atoms with Gasteiger partial charge in [0.2, 0.25) is 17.7 Å². The summed E-state index contributed by atoms with van der Waals surface area (Å²) < 4.78 is 0. The largest absolute Gasteiger partial charge is 0.347 e. The number of aryl methyl sites for hydroxylation is 1. The molecular weight excluding hydrogens is 452 g/mol. The lowest BCUT2D eigenvalue weighted by atomic mass is 9.75. The highest BCUT2D eigenvalue weighted by molar-refractivity contribution is 5.93. The number of rotatable bonds is 5. The summed E-state index contributed by atoms with van der Waals surface area (Å²) in [6, 6.07) is 16.2.